The molecular formula is C17H26N2O4S. The van der Waals surface area contributed by atoms with Crippen LogP contribution in [0, 0.1) is 5.92 Å². The van der Waals surface area contributed by atoms with Crippen molar-refractivity contribution in [1.29, 1.82) is 0 Å². The van der Waals surface area contributed by atoms with Crippen LogP contribution in [0.25, 0.3) is 0 Å². The minimum absolute atomic E-state index is 0.0542. The second-order valence-corrected chi connectivity index (χ2v) is 8.22. The molecule has 0 radical (unpaired) electrons. The monoisotopic (exact) mass is 354 g/mol. The van der Waals surface area contributed by atoms with Crippen LogP contribution in [0.15, 0.2) is 29.2 Å². The third kappa shape index (κ3) is 5.58. The minimum Gasteiger partial charge on any atom is -0.376 e. The first-order valence-corrected chi connectivity index (χ1v) is 9.86. The normalized spacial score (nSPS) is 18.0. The summed E-state index contributed by atoms with van der Waals surface area (Å²) in [6.45, 7) is 5.63. The highest BCUT2D eigenvalue weighted by molar-refractivity contribution is 7.89. The lowest BCUT2D eigenvalue weighted by molar-refractivity contribution is 0.0857. The highest BCUT2D eigenvalue weighted by Crippen LogP contribution is 2.13. The van der Waals surface area contributed by atoms with Crippen LogP contribution in [0.1, 0.15) is 43.5 Å². The molecular weight excluding hydrogens is 328 g/mol. The molecule has 1 aromatic rings. The van der Waals surface area contributed by atoms with Gasteiger partial charge in [0.05, 0.1) is 11.0 Å². The largest absolute Gasteiger partial charge is 0.376 e. The zero-order valence-corrected chi connectivity index (χ0v) is 15.1. The van der Waals surface area contributed by atoms with Crippen LogP contribution in [0.4, 0.5) is 0 Å². The van der Waals surface area contributed by atoms with E-state index in [1.165, 1.54) is 12.1 Å². The maximum absolute atomic E-state index is 12.3. The molecule has 7 heteroatoms. The zero-order chi connectivity index (χ0) is 17.6. The molecule has 1 saturated heterocycles. The van der Waals surface area contributed by atoms with Gasteiger partial charge in [0, 0.05) is 25.3 Å². The van der Waals surface area contributed by atoms with Crippen molar-refractivity contribution in [2.24, 2.45) is 5.92 Å². The van der Waals surface area contributed by atoms with Gasteiger partial charge in [-0.1, -0.05) is 19.9 Å². The van der Waals surface area contributed by atoms with Crippen molar-refractivity contribution in [3.05, 3.63) is 29.8 Å². The molecule has 1 heterocycles. The predicted octanol–water partition coefficient (Wildman–Crippen LogP) is 1.92. The number of ether oxygens (including phenoxy) is 1. The van der Waals surface area contributed by atoms with Gasteiger partial charge in [0.15, 0.2) is 0 Å². The molecule has 0 bridgehead atoms. The molecule has 2 rings (SSSR count). The van der Waals surface area contributed by atoms with E-state index in [-0.39, 0.29) is 16.9 Å². The van der Waals surface area contributed by atoms with Gasteiger partial charge in [0.1, 0.15) is 0 Å². The topological polar surface area (TPSA) is 84.5 Å². The van der Waals surface area contributed by atoms with Crippen molar-refractivity contribution in [3.8, 4) is 0 Å². The van der Waals surface area contributed by atoms with Gasteiger partial charge < -0.3 is 10.1 Å². The number of hydrogen-bond donors (Lipinski definition) is 2. The second-order valence-electron chi connectivity index (χ2n) is 6.45. The molecule has 0 aliphatic carbocycles. The van der Waals surface area contributed by atoms with Gasteiger partial charge in [-0.15, -0.1) is 0 Å². The molecule has 24 heavy (non-hydrogen) atoms. The molecule has 1 fully saturated rings. The summed E-state index contributed by atoms with van der Waals surface area (Å²) in [5, 5.41) is 2.80. The van der Waals surface area contributed by atoms with Crippen molar-refractivity contribution >= 4 is 15.9 Å². The molecule has 6 nitrogen and oxygen atoms in total. The van der Waals surface area contributed by atoms with E-state index in [1.54, 1.807) is 12.1 Å². The Labute approximate surface area is 144 Å². The lowest BCUT2D eigenvalue weighted by Gasteiger charge is -2.12. The third-order valence-corrected chi connectivity index (χ3v) is 5.39. The van der Waals surface area contributed by atoms with E-state index in [0.29, 0.717) is 24.6 Å². The molecule has 2 N–H and O–H groups in total. The average molecular weight is 354 g/mol. The highest BCUT2D eigenvalue weighted by atomic mass is 32.2. The van der Waals surface area contributed by atoms with Gasteiger partial charge in [-0.25, -0.2) is 13.1 Å². The van der Waals surface area contributed by atoms with E-state index in [2.05, 4.69) is 10.0 Å². The lowest BCUT2D eigenvalue weighted by atomic mass is 10.1. The van der Waals surface area contributed by atoms with Crippen molar-refractivity contribution < 1.29 is 17.9 Å². The lowest BCUT2D eigenvalue weighted by Crippen LogP contribution is -2.32. The molecule has 1 amide bonds. The van der Waals surface area contributed by atoms with E-state index >= 15 is 0 Å². The fourth-order valence-corrected chi connectivity index (χ4v) is 3.58. The fourth-order valence-electron chi connectivity index (χ4n) is 2.48. The summed E-state index contributed by atoms with van der Waals surface area (Å²) >= 11 is 0. The van der Waals surface area contributed by atoms with Crippen LogP contribution in [-0.4, -0.2) is 40.1 Å². The molecule has 1 atom stereocenters. The van der Waals surface area contributed by atoms with E-state index in [1.807, 2.05) is 13.8 Å². The minimum atomic E-state index is -3.60. The first kappa shape index (κ1) is 18.9. The highest BCUT2D eigenvalue weighted by Gasteiger charge is 2.18. The smallest absolute Gasteiger partial charge is 0.251 e. The number of carbonyl (C=O) groups excluding carboxylic acids is 1. The summed E-state index contributed by atoms with van der Waals surface area (Å²) in [6, 6.07) is 6.09. The van der Waals surface area contributed by atoms with Gasteiger partial charge in [-0.2, -0.15) is 0 Å². The molecule has 0 spiro atoms. The average Bonchev–Trinajstić information content (AvgIpc) is 3.05. The first-order valence-electron chi connectivity index (χ1n) is 8.38. The Morgan fingerprint density at radius 2 is 2.17 bits per heavy atom. The van der Waals surface area contributed by atoms with Gasteiger partial charge in [0.2, 0.25) is 10.0 Å². The summed E-state index contributed by atoms with van der Waals surface area (Å²) in [7, 11) is -3.60. The molecule has 1 aliphatic heterocycles. The van der Waals surface area contributed by atoms with Gasteiger partial charge in [-0.3, -0.25) is 4.79 Å². The van der Waals surface area contributed by atoms with Crippen molar-refractivity contribution in [2.75, 3.05) is 19.7 Å². The fraction of sp³-hybridized carbons (Fsp3) is 0.588. The zero-order valence-electron chi connectivity index (χ0n) is 14.2. The van der Waals surface area contributed by atoms with Crippen LogP contribution in [0.5, 0.6) is 0 Å². The van der Waals surface area contributed by atoms with Crippen molar-refractivity contribution in [1.82, 2.24) is 10.0 Å². The molecule has 134 valence electrons. The van der Waals surface area contributed by atoms with E-state index in [0.717, 1.165) is 25.9 Å². The number of sulfonamides is 1. The van der Waals surface area contributed by atoms with Crippen LogP contribution in [-0.2, 0) is 14.8 Å². The van der Waals surface area contributed by atoms with Crippen LogP contribution < -0.4 is 10.0 Å². The quantitative estimate of drug-likeness (QED) is 0.747. The maximum atomic E-state index is 12.3. The Morgan fingerprint density at radius 1 is 1.38 bits per heavy atom. The predicted molar refractivity (Wildman–Crippen MR) is 92.4 cm³/mol. The van der Waals surface area contributed by atoms with Gasteiger partial charge in [-0.05, 0) is 43.4 Å². The SMILES string of the molecule is CC(C)CCNS(=O)(=O)c1cccc(C(=O)NCC2CCCO2)c1. The van der Waals surface area contributed by atoms with E-state index < -0.39 is 10.0 Å². The summed E-state index contributed by atoms with van der Waals surface area (Å²) in [5.74, 6) is 0.132. The van der Waals surface area contributed by atoms with Crippen LogP contribution >= 0.6 is 0 Å². The maximum Gasteiger partial charge on any atom is 0.251 e. The van der Waals surface area contributed by atoms with E-state index in [4.69, 9.17) is 4.74 Å². The molecule has 1 unspecified atom stereocenters. The Morgan fingerprint density at radius 3 is 2.83 bits per heavy atom. The number of rotatable bonds is 8. The standard InChI is InChI=1S/C17H26N2O4S/c1-13(2)8-9-19-24(21,22)16-7-3-5-14(11-16)17(20)18-12-15-6-4-10-23-15/h3,5,7,11,13,15,19H,4,6,8-10,12H2,1-2H3,(H,18,20). The van der Waals surface area contributed by atoms with Gasteiger partial charge >= 0.3 is 0 Å². The number of nitrogens with one attached hydrogen (secondary N) is 2. The first-order chi connectivity index (χ1) is 11.4. The second kappa shape index (κ2) is 8.60. The molecule has 1 aliphatic rings. The summed E-state index contributed by atoms with van der Waals surface area (Å²) in [5.41, 5.74) is 0.333. The Kier molecular flexibility index (Phi) is 6.77. The Bertz CT molecular complexity index is 652. The third-order valence-electron chi connectivity index (χ3n) is 3.93. The molecule has 0 saturated carbocycles. The molecule has 1 aromatic carbocycles. The van der Waals surface area contributed by atoms with Crippen molar-refractivity contribution in [3.63, 3.8) is 0 Å². The summed E-state index contributed by atoms with van der Waals surface area (Å²) < 4.78 is 32.6. The molecule has 0 aromatic heterocycles. The number of benzene rings is 1. The van der Waals surface area contributed by atoms with Gasteiger partial charge in [0.25, 0.3) is 5.91 Å². The Hall–Kier alpha value is -1.44. The van der Waals surface area contributed by atoms with Crippen LogP contribution in [0.3, 0.4) is 0 Å². The summed E-state index contributed by atoms with van der Waals surface area (Å²) in [4.78, 5) is 12.3. The number of hydrogen-bond acceptors (Lipinski definition) is 4. The Balaban J connectivity index is 1.97. The van der Waals surface area contributed by atoms with Crippen LogP contribution in [0.2, 0.25) is 0 Å². The number of carbonyl (C=O) groups is 1. The summed E-state index contributed by atoms with van der Waals surface area (Å²) in [6.07, 6.45) is 2.77. The number of amides is 1. The van der Waals surface area contributed by atoms with Crippen molar-refractivity contribution in [2.45, 2.75) is 44.1 Å². The van der Waals surface area contributed by atoms with E-state index in [9.17, 15) is 13.2 Å².